The Morgan fingerprint density at radius 1 is 0.0500 bits per heavy atom. The Hall–Kier alpha value is 0. The Balaban J connectivity index is -0.00000000451. The number of hydrogen-bond donors (Lipinski definition) is 0. The van der Waals surface area contributed by atoms with E-state index in [0.29, 0.717) is 0 Å². The second-order valence-electron chi connectivity index (χ2n) is 0. The van der Waals surface area contributed by atoms with Crippen molar-refractivity contribution in [3.63, 3.8) is 0 Å². The third-order valence-corrected chi connectivity index (χ3v) is 0. The molecule has 0 bridgehead atoms. The third-order valence-electron chi connectivity index (χ3n) is 0. The summed E-state index contributed by atoms with van der Waals surface area (Å²) in [5, 5.41) is 0. The molecule has 0 N–H and O–H groups in total. The lowest BCUT2D eigenvalue weighted by atomic mass is 11.0. The normalized spacial score (nSPS) is 2.80. The lowest BCUT2D eigenvalue weighted by Gasteiger charge is -1.07. The average Bonchev–Trinajstić information content (AvgIpc) is 3.45. The molecule has 0 heteroatoms. The molecule has 0 aliphatic rings. The molecule has 0 aromatic heterocycles. The molecule has 424 valence electrons. The Morgan fingerprint density at radius 3 is 0.0500 bits per heavy atom. The van der Waals surface area contributed by atoms with Crippen molar-refractivity contribution in [1.29, 1.82) is 0 Å². The van der Waals surface area contributed by atoms with Crippen molar-refractivity contribution >= 4 is 0 Å². The van der Waals surface area contributed by atoms with Crippen LogP contribution in [0.2, 0.25) is 0 Å². The zero-order valence-electron chi connectivity index (χ0n) is 56.0. The van der Waals surface area contributed by atoms with Crippen molar-refractivity contribution < 1.29 is 0 Å². The van der Waals surface area contributed by atoms with E-state index in [2.05, 4.69) is 0 Å². The first-order valence-electron chi connectivity index (χ1n) is 28.0. The van der Waals surface area contributed by atoms with Gasteiger partial charge in [0.2, 0.25) is 0 Å². The largest absolute Gasteiger partial charge is 0.0776 e. The maximum absolute atomic E-state index is 2.00. The molecule has 0 saturated carbocycles. The highest BCUT2D eigenvalue weighted by Crippen LogP contribution is 1.20. The SMILES string of the molecule is C.C.C.C.CC.CC.CC.CC.CC.CC.CC.CC.CC.CC.CC.CC.CC.CC.CC.CC.CC.CC.CC.CC.CC.CC.CC.CC.CC.CC.CC.CC. The zero-order chi connectivity index (χ0) is 56.0. The molecule has 0 heterocycles. The van der Waals surface area contributed by atoms with Gasteiger partial charge in [-0.3, -0.25) is 0 Å². The van der Waals surface area contributed by atoms with E-state index in [-0.39, 0.29) is 29.7 Å². The van der Waals surface area contributed by atoms with Crippen LogP contribution >= 0.6 is 0 Å². The van der Waals surface area contributed by atoms with Crippen molar-refractivity contribution in [1.82, 2.24) is 0 Å². The van der Waals surface area contributed by atoms with E-state index >= 15 is 0 Å². The van der Waals surface area contributed by atoms with E-state index in [9.17, 15) is 0 Å². The molecule has 0 aliphatic carbocycles. The van der Waals surface area contributed by atoms with Crippen molar-refractivity contribution in [3.05, 3.63) is 0 Å². The summed E-state index contributed by atoms with van der Waals surface area (Å²) in [4.78, 5) is 0. The summed E-state index contributed by atoms with van der Waals surface area (Å²) in [7, 11) is 0. The van der Waals surface area contributed by atoms with Crippen LogP contribution in [-0.4, -0.2) is 0 Å². The lowest BCUT2D eigenvalue weighted by Crippen LogP contribution is -0.856. The minimum atomic E-state index is 0. The van der Waals surface area contributed by atoms with E-state index in [1.165, 1.54) is 0 Å². The highest BCUT2D eigenvalue weighted by Gasteiger charge is 0.986. The summed E-state index contributed by atoms with van der Waals surface area (Å²) in [6.07, 6.45) is 0. The van der Waals surface area contributed by atoms with Gasteiger partial charge in [-0.25, -0.2) is 0 Å². The van der Waals surface area contributed by atoms with Gasteiger partial charge in [0.1, 0.15) is 0 Å². The van der Waals surface area contributed by atoms with E-state index in [4.69, 9.17) is 0 Å². The second-order valence-corrected chi connectivity index (χ2v) is 0. The molecular weight excluding hydrogens is 721 g/mol. The summed E-state index contributed by atoms with van der Waals surface area (Å²) in [6, 6.07) is 0. The summed E-state index contributed by atoms with van der Waals surface area (Å²) in [5.74, 6) is 0. The molecule has 0 aromatic rings. The summed E-state index contributed by atoms with van der Waals surface area (Å²) < 4.78 is 0. The van der Waals surface area contributed by atoms with E-state index in [1.54, 1.807) is 0 Å². The minimum Gasteiger partial charge on any atom is -0.0776 e. The molecule has 0 unspecified atom stereocenters. The first kappa shape index (κ1) is 266. The van der Waals surface area contributed by atoms with Crippen LogP contribution in [0, 0.1) is 0 Å². The smallest absolute Gasteiger partial charge is 0.0683 e. The number of rotatable bonds is 0. The van der Waals surface area contributed by atoms with Gasteiger partial charge in [-0.15, -0.1) is 0 Å². The van der Waals surface area contributed by atoms with Crippen LogP contribution in [0.5, 0.6) is 0 Å². The van der Waals surface area contributed by atoms with Crippen LogP contribution in [0.25, 0.3) is 0 Å². The summed E-state index contributed by atoms with van der Waals surface area (Å²) >= 11 is 0. The quantitative estimate of drug-likeness (QED) is 0.227. The molecular formula is C60H184. The monoisotopic (exact) mass is 905 g/mol. The fourth-order valence-electron chi connectivity index (χ4n) is 0. The van der Waals surface area contributed by atoms with Gasteiger partial charge in [0.05, 0.1) is 0 Å². The molecule has 0 nitrogen and oxygen atoms in total. The van der Waals surface area contributed by atoms with Crippen LogP contribution in [0.15, 0.2) is 0 Å². The first-order valence-corrected chi connectivity index (χ1v) is 28.0. The van der Waals surface area contributed by atoms with Crippen molar-refractivity contribution in [2.45, 2.75) is 417 Å². The average molecular weight is 906 g/mol. The number of hydrogen-bond acceptors (Lipinski definition) is 0. The fourth-order valence-corrected chi connectivity index (χ4v) is 0. The van der Waals surface area contributed by atoms with Crippen molar-refractivity contribution in [2.24, 2.45) is 0 Å². The zero-order valence-corrected chi connectivity index (χ0v) is 56.0. The minimum absolute atomic E-state index is 0. The third kappa shape index (κ3) is 0. The predicted octanol–water partition coefficient (Wildman–Crippen LogP) is 31.3. The van der Waals surface area contributed by atoms with Gasteiger partial charge >= 0.3 is 0 Å². The van der Waals surface area contributed by atoms with Gasteiger partial charge in [-0.2, -0.15) is 0 Å². The fraction of sp³-hybridized carbons (Fsp3) is 1.00. The lowest BCUT2D eigenvalue weighted by molar-refractivity contribution is 1.50. The molecule has 0 saturated heterocycles. The molecule has 0 fully saturated rings. The van der Waals surface area contributed by atoms with Gasteiger partial charge in [0.25, 0.3) is 0 Å². The molecule has 0 aliphatic heterocycles. The summed E-state index contributed by atoms with van der Waals surface area (Å²) in [6.45, 7) is 112. The first-order chi connectivity index (χ1) is 28.0. The Labute approximate surface area is 415 Å². The van der Waals surface area contributed by atoms with Gasteiger partial charge in [-0.1, -0.05) is 417 Å². The van der Waals surface area contributed by atoms with Gasteiger partial charge < -0.3 is 0 Å². The van der Waals surface area contributed by atoms with Gasteiger partial charge in [0.15, 0.2) is 0 Å². The maximum atomic E-state index is 2.00. The van der Waals surface area contributed by atoms with Crippen molar-refractivity contribution in [3.8, 4) is 0 Å². The molecule has 0 aromatic carbocycles. The van der Waals surface area contributed by atoms with Gasteiger partial charge in [0, 0.05) is 0 Å². The summed E-state index contributed by atoms with van der Waals surface area (Å²) in [5.41, 5.74) is 0. The molecule has 0 amide bonds. The van der Waals surface area contributed by atoms with Crippen LogP contribution in [0.4, 0.5) is 0 Å². The standard InChI is InChI=1S/28C2H6.4CH4/c28*1-2;;;;/h28*1-2H3;4*1H4. The molecule has 60 heavy (non-hydrogen) atoms. The van der Waals surface area contributed by atoms with Crippen LogP contribution in [0.3, 0.4) is 0 Å². The van der Waals surface area contributed by atoms with E-state index in [1.807, 2.05) is 388 Å². The highest BCUT2D eigenvalue weighted by molar-refractivity contribution is 3.56. The topological polar surface area (TPSA) is 0 Å². The molecule has 0 spiro atoms. The van der Waals surface area contributed by atoms with Crippen molar-refractivity contribution in [2.75, 3.05) is 0 Å². The van der Waals surface area contributed by atoms with Crippen LogP contribution in [0.1, 0.15) is 417 Å². The Kier molecular flexibility index (Phi) is 0. The molecule has 0 rings (SSSR count). The second kappa shape index (κ2) is 0. The van der Waals surface area contributed by atoms with Crippen LogP contribution < -0.4 is 0 Å². The Morgan fingerprint density at radius 2 is 0.0500 bits per heavy atom. The predicted molar refractivity (Wildman–Crippen MR) is 345 cm³/mol. The van der Waals surface area contributed by atoms with Gasteiger partial charge in [-0.05, 0) is 0 Å². The highest BCUT2D eigenvalue weighted by atomic mass is 13.1. The van der Waals surface area contributed by atoms with Crippen LogP contribution in [-0.2, 0) is 0 Å². The van der Waals surface area contributed by atoms with E-state index in [0.717, 1.165) is 0 Å². The van der Waals surface area contributed by atoms with E-state index < -0.39 is 0 Å². The molecule has 0 radical (unpaired) electrons. The maximum Gasteiger partial charge on any atom is -0.0683 e. The Bertz CT molecular complexity index is 0. The molecule has 0 atom stereocenters.